The number of halogens is 1. The SMILES string of the molecule is Cc1cccc(S(=O)(=O)NC(=O)c2ccc(-c3cc(F)cc(OCC(C)C)c3)nc2OCCC(C)(C)C)n1.[HH].[HH]. The molecular formula is C28H38FN3O5S. The summed E-state index contributed by atoms with van der Waals surface area (Å²) in [6.07, 6.45) is 0.651. The van der Waals surface area contributed by atoms with Crippen LogP contribution in [0, 0.1) is 24.1 Å². The molecule has 10 heteroatoms. The van der Waals surface area contributed by atoms with Gasteiger partial charge in [0.15, 0.2) is 5.03 Å². The maximum atomic E-state index is 14.4. The van der Waals surface area contributed by atoms with Gasteiger partial charge in [-0.15, -0.1) is 0 Å². The number of aromatic nitrogens is 2. The first-order chi connectivity index (χ1) is 17.7. The first kappa shape index (κ1) is 29.0. The van der Waals surface area contributed by atoms with Gasteiger partial charge in [-0.25, -0.2) is 19.1 Å². The third-order valence-corrected chi connectivity index (χ3v) is 6.54. The van der Waals surface area contributed by atoms with Gasteiger partial charge in [-0.05, 0) is 61.1 Å². The van der Waals surface area contributed by atoms with Gasteiger partial charge in [0, 0.05) is 20.2 Å². The molecule has 3 aromatic rings. The molecule has 0 saturated carbocycles. The lowest BCUT2D eigenvalue weighted by atomic mass is 9.93. The normalized spacial score (nSPS) is 11.9. The summed E-state index contributed by atoms with van der Waals surface area (Å²) >= 11 is 0. The Balaban J connectivity index is 0.00000400. The Morgan fingerprint density at radius 2 is 1.82 bits per heavy atom. The predicted octanol–water partition coefficient (Wildman–Crippen LogP) is 6.05. The fraction of sp³-hybridized carbons (Fsp3) is 0.393. The highest BCUT2D eigenvalue weighted by molar-refractivity contribution is 7.90. The number of pyridine rings is 2. The number of hydrogen-bond donors (Lipinski definition) is 1. The highest BCUT2D eigenvalue weighted by Gasteiger charge is 2.24. The van der Waals surface area contributed by atoms with Crippen LogP contribution in [0.3, 0.4) is 0 Å². The summed E-state index contributed by atoms with van der Waals surface area (Å²) in [5.74, 6) is -0.878. The average molecular weight is 548 g/mol. The minimum absolute atomic E-state index is 0. The van der Waals surface area contributed by atoms with Crippen LogP contribution in [0.1, 0.15) is 59.9 Å². The van der Waals surface area contributed by atoms with Crippen LogP contribution in [0.4, 0.5) is 4.39 Å². The smallest absolute Gasteiger partial charge is 0.281 e. The molecule has 2 aromatic heterocycles. The van der Waals surface area contributed by atoms with Crippen molar-refractivity contribution in [1.29, 1.82) is 0 Å². The van der Waals surface area contributed by atoms with Crippen molar-refractivity contribution in [1.82, 2.24) is 14.7 Å². The second-order valence-corrected chi connectivity index (χ2v) is 12.3. The van der Waals surface area contributed by atoms with Crippen LogP contribution < -0.4 is 14.2 Å². The van der Waals surface area contributed by atoms with Crippen LogP contribution in [0.5, 0.6) is 11.6 Å². The standard InChI is InChI=1S/C28H34FN3O5S.2H2/c1-18(2)17-37-22-15-20(14-21(29)16-22)24-11-10-23(27(31-24)36-13-12-28(4,5)6)26(33)32-38(34,35)25-9-7-8-19(3)30-25;;/h7-11,14-16,18H,12-13,17H2,1-6H3,(H,32,33);2*1H. The molecule has 0 unspecified atom stereocenters. The Kier molecular flexibility index (Phi) is 9.09. The van der Waals surface area contributed by atoms with Gasteiger partial charge in [-0.1, -0.05) is 40.7 Å². The number of sulfonamides is 1. The molecule has 208 valence electrons. The van der Waals surface area contributed by atoms with Gasteiger partial charge in [-0.2, -0.15) is 8.42 Å². The zero-order valence-electron chi connectivity index (χ0n) is 22.5. The van der Waals surface area contributed by atoms with E-state index in [2.05, 4.69) is 9.97 Å². The average Bonchev–Trinajstić information content (AvgIpc) is 2.81. The third kappa shape index (κ3) is 8.24. The van der Waals surface area contributed by atoms with E-state index < -0.39 is 21.7 Å². The van der Waals surface area contributed by atoms with E-state index in [-0.39, 0.29) is 37.3 Å². The van der Waals surface area contributed by atoms with Gasteiger partial charge in [0.1, 0.15) is 17.1 Å². The molecule has 0 aliphatic carbocycles. The quantitative estimate of drug-likeness (QED) is 0.329. The summed E-state index contributed by atoms with van der Waals surface area (Å²) in [4.78, 5) is 21.5. The fourth-order valence-electron chi connectivity index (χ4n) is 3.29. The molecule has 1 N–H and O–H groups in total. The summed E-state index contributed by atoms with van der Waals surface area (Å²) in [5.41, 5.74) is 1.12. The molecule has 0 aliphatic rings. The number of carbonyl (C=O) groups is 1. The van der Waals surface area contributed by atoms with Crippen molar-refractivity contribution in [3.63, 3.8) is 0 Å². The lowest BCUT2D eigenvalue weighted by Gasteiger charge is -2.19. The Morgan fingerprint density at radius 1 is 1.08 bits per heavy atom. The third-order valence-electron chi connectivity index (χ3n) is 5.31. The molecule has 1 aromatic carbocycles. The van der Waals surface area contributed by atoms with Gasteiger partial charge in [0.05, 0.1) is 18.9 Å². The predicted molar refractivity (Wildman–Crippen MR) is 147 cm³/mol. The van der Waals surface area contributed by atoms with Crippen molar-refractivity contribution in [2.24, 2.45) is 11.3 Å². The van der Waals surface area contributed by atoms with E-state index in [1.807, 2.05) is 39.3 Å². The molecule has 0 saturated heterocycles. The van der Waals surface area contributed by atoms with Crippen molar-refractivity contribution in [3.05, 3.63) is 65.6 Å². The minimum Gasteiger partial charge on any atom is -0.493 e. The summed E-state index contributed by atoms with van der Waals surface area (Å²) in [5, 5.41) is -0.278. The summed E-state index contributed by atoms with van der Waals surface area (Å²) in [6, 6.07) is 11.6. The number of benzene rings is 1. The number of amides is 1. The molecule has 0 fully saturated rings. The molecule has 0 atom stereocenters. The number of carbonyl (C=O) groups excluding carboxylic acids is 1. The van der Waals surface area contributed by atoms with Gasteiger partial charge in [-0.3, -0.25) is 4.79 Å². The number of rotatable bonds is 10. The molecule has 0 spiro atoms. The van der Waals surface area contributed by atoms with E-state index in [9.17, 15) is 17.6 Å². The minimum atomic E-state index is -4.24. The van der Waals surface area contributed by atoms with Crippen molar-refractivity contribution in [2.45, 2.75) is 53.0 Å². The molecule has 38 heavy (non-hydrogen) atoms. The largest absolute Gasteiger partial charge is 0.493 e. The maximum Gasteiger partial charge on any atom is 0.281 e. The van der Waals surface area contributed by atoms with Crippen molar-refractivity contribution >= 4 is 15.9 Å². The molecule has 1 amide bonds. The van der Waals surface area contributed by atoms with Crippen LogP contribution in [-0.2, 0) is 10.0 Å². The molecular weight excluding hydrogens is 509 g/mol. The van der Waals surface area contributed by atoms with E-state index in [1.54, 1.807) is 19.1 Å². The second-order valence-electron chi connectivity index (χ2n) is 10.6. The molecule has 0 bridgehead atoms. The molecule has 2 heterocycles. The number of aryl methyl sites for hydroxylation is 1. The van der Waals surface area contributed by atoms with Gasteiger partial charge in [0.25, 0.3) is 15.9 Å². The molecule has 0 aliphatic heterocycles. The van der Waals surface area contributed by atoms with Crippen LogP contribution >= 0.6 is 0 Å². The van der Waals surface area contributed by atoms with Gasteiger partial charge >= 0.3 is 0 Å². The Hall–Kier alpha value is -3.53. The van der Waals surface area contributed by atoms with Gasteiger partial charge < -0.3 is 9.47 Å². The monoisotopic (exact) mass is 547 g/mol. The molecule has 8 nitrogen and oxygen atoms in total. The van der Waals surface area contributed by atoms with Crippen molar-refractivity contribution in [3.8, 4) is 22.9 Å². The van der Waals surface area contributed by atoms with Crippen LogP contribution in [0.25, 0.3) is 11.3 Å². The van der Waals surface area contributed by atoms with E-state index in [0.717, 1.165) is 0 Å². The zero-order chi connectivity index (χ0) is 28.1. The second kappa shape index (κ2) is 11.9. The van der Waals surface area contributed by atoms with Crippen LogP contribution in [-0.4, -0.2) is 37.5 Å². The van der Waals surface area contributed by atoms with Crippen molar-refractivity contribution < 1.29 is 29.9 Å². The number of nitrogens with zero attached hydrogens (tertiary/aromatic N) is 2. The Morgan fingerprint density at radius 3 is 2.47 bits per heavy atom. The lowest BCUT2D eigenvalue weighted by molar-refractivity contribution is 0.0975. The lowest BCUT2D eigenvalue weighted by Crippen LogP contribution is -2.31. The molecule has 0 radical (unpaired) electrons. The summed E-state index contributed by atoms with van der Waals surface area (Å²) < 4.78 is 53.5. The topological polar surface area (TPSA) is 107 Å². The summed E-state index contributed by atoms with van der Waals surface area (Å²) in [6.45, 7) is 12.4. The van der Waals surface area contributed by atoms with Crippen LogP contribution in [0.2, 0.25) is 0 Å². The maximum absolute atomic E-state index is 14.4. The first-order valence-electron chi connectivity index (χ1n) is 12.3. The van der Waals surface area contributed by atoms with Gasteiger partial charge in [0.2, 0.25) is 5.88 Å². The van der Waals surface area contributed by atoms with Crippen LogP contribution in [0.15, 0.2) is 53.6 Å². The number of hydrogen-bond acceptors (Lipinski definition) is 7. The van der Waals surface area contributed by atoms with Crippen molar-refractivity contribution in [2.75, 3.05) is 13.2 Å². The summed E-state index contributed by atoms with van der Waals surface area (Å²) in [7, 11) is -4.24. The Labute approximate surface area is 226 Å². The highest BCUT2D eigenvalue weighted by atomic mass is 32.2. The van der Waals surface area contributed by atoms with E-state index in [1.165, 1.54) is 36.4 Å². The van der Waals surface area contributed by atoms with E-state index in [4.69, 9.17) is 9.47 Å². The molecule has 3 rings (SSSR count). The number of ether oxygens (including phenoxy) is 2. The van der Waals surface area contributed by atoms with E-state index in [0.29, 0.717) is 35.7 Å². The number of nitrogens with one attached hydrogen (secondary N) is 1. The Bertz CT molecular complexity index is 1410. The first-order valence-corrected chi connectivity index (χ1v) is 13.8. The van der Waals surface area contributed by atoms with E-state index >= 15 is 0 Å². The fourth-order valence-corrected chi connectivity index (χ4v) is 4.27. The zero-order valence-corrected chi connectivity index (χ0v) is 23.4. The highest BCUT2D eigenvalue weighted by Crippen LogP contribution is 2.29.